The van der Waals surface area contributed by atoms with Crippen LogP contribution in [0.25, 0.3) is 11.1 Å². The first-order valence-electron chi connectivity index (χ1n) is 6.89. The van der Waals surface area contributed by atoms with Gasteiger partial charge in [0.25, 0.3) is 0 Å². The minimum Gasteiger partial charge on any atom is -0.399 e. The third-order valence-corrected chi connectivity index (χ3v) is 5.37. The second-order valence-electron chi connectivity index (χ2n) is 5.29. The fraction of sp³-hybridized carbons (Fsp3) is 0.143. The van der Waals surface area contributed by atoms with E-state index < -0.39 is 26.7 Å². The first-order valence-corrected chi connectivity index (χ1v) is 9.25. The van der Waals surface area contributed by atoms with E-state index in [9.17, 15) is 21.6 Å². The number of primary sulfonamides is 1. The number of anilines is 2. The van der Waals surface area contributed by atoms with E-state index in [0.717, 1.165) is 24.1 Å². The lowest BCUT2D eigenvalue weighted by Crippen LogP contribution is -2.21. The predicted octanol–water partition coefficient (Wildman–Crippen LogP) is 2.58. The molecule has 0 radical (unpaired) electrons. The molecule has 0 aromatic heterocycles. The molecule has 1 aliphatic heterocycles. The molecule has 3 rings (SSSR count). The van der Waals surface area contributed by atoms with Gasteiger partial charge in [0.15, 0.2) is 0 Å². The topological polar surface area (TPSA) is 110 Å². The molecule has 0 bridgehead atoms. The summed E-state index contributed by atoms with van der Waals surface area (Å²) in [6, 6.07) is 5.77. The Morgan fingerprint density at radius 1 is 1.12 bits per heavy atom. The Balaban J connectivity index is 2.36. The third-order valence-electron chi connectivity index (χ3n) is 3.56. The number of benzene rings is 2. The molecule has 0 atom stereocenters. The molecule has 11 heteroatoms. The predicted molar refractivity (Wildman–Crippen MR) is 90.1 cm³/mol. The monoisotopic (exact) mass is 390 g/mol. The number of nitrogens with one attached hydrogen (secondary N) is 2. The van der Waals surface area contributed by atoms with Crippen molar-refractivity contribution in [3.05, 3.63) is 35.9 Å². The van der Waals surface area contributed by atoms with Gasteiger partial charge in [-0.05, 0) is 47.8 Å². The van der Waals surface area contributed by atoms with Crippen LogP contribution in [0.1, 0.15) is 5.56 Å². The Morgan fingerprint density at radius 3 is 2.48 bits per heavy atom. The molecule has 2 aromatic rings. The summed E-state index contributed by atoms with van der Waals surface area (Å²) < 4.78 is 67.2. The average Bonchev–Trinajstić information content (AvgIpc) is 2.51. The zero-order chi connectivity index (χ0) is 18.4. The SMILES string of the molecule is Nc1ccc(S(N)(=O)=O)c(-c2cc3c(cc2C(F)(F)F)NCNS3)c1. The van der Waals surface area contributed by atoms with Crippen LogP contribution in [-0.2, 0) is 16.2 Å². The van der Waals surface area contributed by atoms with Crippen LogP contribution >= 0.6 is 11.9 Å². The Kier molecular flexibility index (Phi) is 4.35. The van der Waals surface area contributed by atoms with Gasteiger partial charge in [-0.2, -0.15) is 13.2 Å². The molecule has 6 nitrogen and oxygen atoms in total. The highest BCUT2D eigenvalue weighted by Crippen LogP contribution is 2.44. The fourth-order valence-corrected chi connectivity index (χ4v) is 3.96. The minimum absolute atomic E-state index is 0.122. The molecule has 0 spiro atoms. The van der Waals surface area contributed by atoms with Gasteiger partial charge in [0.05, 0.1) is 22.8 Å². The molecule has 0 fully saturated rings. The first-order chi connectivity index (χ1) is 11.6. The van der Waals surface area contributed by atoms with Crippen molar-refractivity contribution in [2.75, 3.05) is 17.7 Å². The van der Waals surface area contributed by atoms with Gasteiger partial charge in [-0.25, -0.2) is 18.3 Å². The fourth-order valence-electron chi connectivity index (χ4n) is 2.51. The number of alkyl halides is 3. The molecule has 1 aliphatic rings. The minimum atomic E-state index is -4.69. The third kappa shape index (κ3) is 3.54. The molecule has 0 saturated carbocycles. The van der Waals surface area contributed by atoms with E-state index >= 15 is 0 Å². The van der Waals surface area contributed by atoms with Gasteiger partial charge >= 0.3 is 6.18 Å². The summed E-state index contributed by atoms with van der Waals surface area (Å²) in [6.45, 7) is 0.301. The van der Waals surface area contributed by atoms with Gasteiger partial charge in [-0.3, -0.25) is 0 Å². The Bertz CT molecular complexity index is 946. The van der Waals surface area contributed by atoms with Crippen molar-refractivity contribution in [2.45, 2.75) is 16.0 Å². The number of rotatable bonds is 2. The van der Waals surface area contributed by atoms with Gasteiger partial charge in [-0.1, -0.05) is 0 Å². The second kappa shape index (κ2) is 6.09. The Labute approximate surface area is 146 Å². The van der Waals surface area contributed by atoms with Crippen molar-refractivity contribution in [3.8, 4) is 11.1 Å². The molecule has 0 saturated heterocycles. The van der Waals surface area contributed by atoms with Gasteiger partial charge < -0.3 is 11.1 Å². The van der Waals surface area contributed by atoms with Crippen LogP contribution in [0.5, 0.6) is 0 Å². The van der Waals surface area contributed by atoms with Crippen LogP contribution in [0.3, 0.4) is 0 Å². The molecule has 0 amide bonds. The van der Waals surface area contributed by atoms with Gasteiger partial charge in [0.1, 0.15) is 0 Å². The van der Waals surface area contributed by atoms with Crippen molar-refractivity contribution in [1.29, 1.82) is 0 Å². The summed E-state index contributed by atoms with van der Waals surface area (Å²) in [4.78, 5) is 0.0749. The lowest BCUT2D eigenvalue weighted by molar-refractivity contribution is -0.137. The zero-order valence-electron chi connectivity index (χ0n) is 12.5. The molecule has 134 valence electrons. The van der Waals surface area contributed by atoms with E-state index in [-0.39, 0.29) is 16.8 Å². The Hall–Kier alpha value is -1.95. The number of sulfonamides is 1. The quantitative estimate of drug-likeness (QED) is 0.463. The number of nitrogen functional groups attached to an aromatic ring is 1. The molecular formula is C14H13F3N4O2S2. The maximum atomic E-state index is 13.6. The van der Waals surface area contributed by atoms with E-state index in [1.54, 1.807) is 0 Å². The van der Waals surface area contributed by atoms with E-state index in [2.05, 4.69) is 10.0 Å². The summed E-state index contributed by atoms with van der Waals surface area (Å²) >= 11 is 1.14. The van der Waals surface area contributed by atoms with E-state index in [4.69, 9.17) is 10.9 Å². The molecular weight excluding hydrogens is 377 g/mol. The normalized spacial score (nSPS) is 14.7. The zero-order valence-corrected chi connectivity index (χ0v) is 14.1. The van der Waals surface area contributed by atoms with Gasteiger partial charge in [-0.15, -0.1) is 0 Å². The largest absolute Gasteiger partial charge is 0.417 e. The van der Waals surface area contributed by atoms with E-state index in [1.165, 1.54) is 18.2 Å². The lowest BCUT2D eigenvalue weighted by atomic mass is 9.98. The highest BCUT2D eigenvalue weighted by atomic mass is 32.2. The number of nitrogens with two attached hydrogens (primary N) is 2. The van der Waals surface area contributed by atoms with Crippen LogP contribution in [0.4, 0.5) is 24.5 Å². The molecule has 0 unspecified atom stereocenters. The highest BCUT2D eigenvalue weighted by molar-refractivity contribution is 7.97. The summed E-state index contributed by atoms with van der Waals surface area (Å²) in [5.41, 5.74) is 4.62. The molecule has 2 aromatic carbocycles. The lowest BCUT2D eigenvalue weighted by Gasteiger charge is -2.23. The van der Waals surface area contributed by atoms with Crippen molar-refractivity contribution in [2.24, 2.45) is 5.14 Å². The number of hydrogen-bond donors (Lipinski definition) is 4. The summed E-state index contributed by atoms with van der Waals surface area (Å²) in [6.07, 6.45) is -4.69. The van der Waals surface area contributed by atoms with Crippen LogP contribution in [0.15, 0.2) is 40.1 Å². The summed E-state index contributed by atoms with van der Waals surface area (Å²) in [5.74, 6) is 0. The summed E-state index contributed by atoms with van der Waals surface area (Å²) in [5, 5.41) is 7.97. The smallest absolute Gasteiger partial charge is 0.399 e. The molecule has 6 N–H and O–H groups in total. The first kappa shape index (κ1) is 17.9. The van der Waals surface area contributed by atoms with E-state index in [1.807, 2.05) is 0 Å². The van der Waals surface area contributed by atoms with Crippen molar-refractivity contribution >= 4 is 33.3 Å². The molecule has 0 aliphatic carbocycles. The van der Waals surface area contributed by atoms with Crippen molar-refractivity contribution in [3.63, 3.8) is 0 Å². The standard InChI is InChI=1S/C14H13F3N4O2S2/c15-14(16,17)10-5-11-12(24-21-6-20-11)4-8(10)9-3-7(18)1-2-13(9)25(19,22)23/h1-5,20-21H,6,18H2,(H2,19,22,23). The van der Waals surface area contributed by atoms with E-state index in [0.29, 0.717) is 17.3 Å². The molecule has 25 heavy (non-hydrogen) atoms. The van der Waals surface area contributed by atoms with Crippen LogP contribution in [0, 0.1) is 0 Å². The number of hydrogen-bond acceptors (Lipinski definition) is 6. The van der Waals surface area contributed by atoms with Crippen LogP contribution in [-0.4, -0.2) is 15.1 Å². The van der Waals surface area contributed by atoms with Crippen LogP contribution in [0.2, 0.25) is 0 Å². The maximum absolute atomic E-state index is 13.6. The van der Waals surface area contributed by atoms with Crippen molar-refractivity contribution in [1.82, 2.24) is 4.72 Å². The highest BCUT2D eigenvalue weighted by Gasteiger charge is 2.36. The van der Waals surface area contributed by atoms with Gasteiger partial charge in [0, 0.05) is 16.1 Å². The maximum Gasteiger partial charge on any atom is 0.417 e. The number of fused-ring (bicyclic) bond motifs is 1. The van der Waals surface area contributed by atoms with Crippen LogP contribution < -0.4 is 20.9 Å². The average molecular weight is 390 g/mol. The second-order valence-corrected chi connectivity index (χ2v) is 7.75. The Morgan fingerprint density at radius 2 is 1.84 bits per heavy atom. The molecule has 1 heterocycles. The summed E-state index contributed by atoms with van der Waals surface area (Å²) in [7, 11) is -4.24. The number of halogens is 3. The van der Waals surface area contributed by atoms with Gasteiger partial charge in [0.2, 0.25) is 10.0 Å². The van der Waals surface area contributed by atoms with Crippen molar-refractivity contribution < 1.29 is 21.6 Å².